The number of amidine groups is 1. The van der Waals surface area contributed by atoms with E-state index in [-0.39, 0.29) is 12.5 Å². The highest BCUT2D eigenvalue weighted by Gasteiger charge is 2.41. The van der Waals surface area contributed by atoms with Gasteiger partial charge in [0.25, 0.3) is 0 Å². The van der Waals surface area contributed by atoms with Gasteiger partial charge in [-0.1, -0.05) is 11.6 Å². The molecule has 1 aromatic rings. The zero-order chi connectivity index (χ0) is 19.0. The number of nitrogens with zero attached hydrogens (tertiary/aromatic N) is 2. The summed E-state index contributed by atoms with van der Waals surface area (Å²) in [5.74, 6) is -1.04. The fourth-order valence-corrected chi connectivity index (χ4v) is 2.25. The number of rotatable bonds is 3. The van der Waals surface area contributed by atoms with E-state index < -0.39 is 40.0 Å². The van der Waals surface area contributed by atoms with Crippen molar-refractivity contribution in [3.8, 4) is 0 Å². The van der Waals surface area contributed by atoms with Crippen LogP contribution in [0.2, 0.25) is 5.02 Å². The maximum Gasteiger partial charge on any atom is 0.417 e. The number of aliphatic imine (C=N–C) groups is 1. The summed E-state index contributed by atoms with van der Waals surface area (Å²) in [6.07, 6.45) is -8.09. The Bertz CT molecular complexity index is 721. The van der Waals surface area contributed by atoms with Gasteiger partial charge >= 0.3 is 12.4 Å². The van der Waals surface area contributed by atoms with E-state index in [9.17, 15) is 31.1 Å². The molecule has 0 aliphatic carbocycles. The summed E-state index contributed by atoms with van der Waals surface area (Å²) in [5.41, 5.74) is 3.62. The first-order chi connectivity index (χ1) is 11.4. The molecule has 1 aliphatic rings. The number of nitrogens with two attached hydrogens (primary N) is 1. The molecule has 2 rings (SSSR count). The van der Waals surface area contributed by atoms with Crippen molar-refractivity contribution in [1.29, 1.82) is 0 Å². The van der Waals surface area contributed by atoms with Crippen molar-refractivity contribution in [2.75, 3.05) is 6.67 Å². The van der Waals surface area contributed by atoms with Crippen LogP contribution < -0.4 is 11.2 Å². The van der Waals surface area contributed by atoms with Crippen molar-refractivity contribution in [2.24, 2.45) is 10.7 Å². The molecule has 0 fully saturated rings. The van der Waals surface area contributed by atoms with E-state index in [1.807, 2.05) is 0 Å². The van der Waals surface area contributed by atoms with Crippen LogP contribution in [0.4, 0.5) is 26.3 Å². The number of amides is 1. The van der Waals surface area contributed by atoms with Crippen molar-refractivity contribution >= 4 is 23.3 Å². The van der Waals surface area contributed by atoms with Crippen LogP contribution in [0.5, 0.6) is 0 Å². The summed E-state index contributed by atoms with van der Waals surface area (Å²) in [4.78, 5) is 14.4. The van der Waals surface area contributed by atoms with Crippen molar-refractivity contribution in [3.05, 3.63) is 46.1 Å². The van der Waals surface area contributed by atoms with Gasteiger partial charge in [-0.2, -0.15) is 26.3 Å². The zero-order valence-electron chi connectivity index (χ0n) is 12.0. The minimum atomic E-state index is -5.09. The third-order valence-corrected chi connectivity index (χ3v) is 3.41. The molecule has 5 nitrogen and oxygen atoms in total. The van der Waals surface area contributed by atoms with Crippen LogP contribution in [0.25, 0.3) is 0 Å². The predicted molar refractivity (Wildman–Crippen MR) is 76.2 cm³/mol. The Morgan fingerprint density at radius 2 is 1.72 bits per heavy atom. The van der Waals surface area contributed by atoms with Gasteiger partial charge in [-0.05, 0) is 12.1 Å². The fourth-order valence-electron chi connectivity index (χ4n) is 1.93. The molecule has 1 amide bonds. The molecule has 1 aromatic carbocycles. The first kappa shape index (κ1) is 18.9. The quantitative estimate of drug-likeness (QED) is 0.620. The second-order valence-electron chi connectivity index (χ2n) is 4.83. The monoisotopic (exact) mass is 386 g/mol. The lowest BCUT2D eigenvalue weighted by atomic mass is 10.0. The molecule has 0 atom stereocenters. The van der Waals surface area contributed by atoms with E-state index in [0.29, 0.717) is 12.1 Å². The van der Waals surface area contributed by atoms with Crippen LogP contribution in [0.3, 0.4) is 0 Å². The maximum atomic E-state index is 13.0. The normalized spacial score (nSPS) is 15.5. The fraction of sp³-hybridized carbons (Fsp3) is 0.231. The lowest BCUT2D eigenvalue weighted by Gasteiger charge is -2.18. The first-order valence-corrected chi connectivity index (χ1v) is 6.81. The smallest absolute Gasteiger partial charge is 0.366 e. The Balaban J connectivity index is 2.44. The summed E-state index contributed by atoms with van der Waals surface area (Å²) >= 11 is 5.30. The molecule has 0 saturated carbocycles. The van der Waals surface area contributed by atoms with Crippen molar-refractivity contribution < 1.29 is 31.1 Å². The Morgan fingerprint density at radius 1 is 1.20 bits per heavy atom. The Hall–Kier alpha value is -2.43. The van der Waals surface area contributed by atoms with E-state index in [2.05, 4.69) is 10.4 Å². The van der Waals surface area contributed by atoms with Crippen molar-refractivity contribution in [3.63, 3.8) is 0 Å². The number of benzene rings is 1. The van der Waals surface area contributed by atoms with Gasteiger partial charge in [0.15, 0.2) is 0 Å². The Morgan fingerprint density at radius 3 is 2.16 bits per heavy atom. The van der Waals surface area contributed by atoms with Gasteiger partial charge in [-0.15, -0.1) is 0 Å². The third-order valence-electron chi connectivity index (χ3n) is 3.01. The molecular weight excluding hydrogens is 378 g/mol. The number of carbonyl (C=O) groups is 1. The number of nitrogens with one attached hydrogen (secondary N) is 1. The van der Waals surface area contributed by atoms with E-state index in [0.717, 1.165) is 17.3 Å². The van der Waals surface area contributed by atoms with Gasteiger partial charge in [0.1, 0.15) is 12.5 Å². The molecule has 0 spiro atoms. The van der Waals surface area contributed by atoms with Crippen LogP contribution >= 0.6 is 11.6 Å². The van der Waals surface area contributed by atoms with Crippen LogP contribution in [-0.2, 0) is 17.1 Å². The summed E-state index contributed by atoms with van der Waals surface area (Å²) in [5, 5.41) is -0.289. The minimum Gasteiger partial charge on any atom is -0.366 e. The van der Waals surface area contributed by atoms with E-state index in [4.69, 9.17) is 17.3 Å². The highest BCUT2D eigenvalue weighted by molar-refractivity contribution is 6.32. The lowest BCUT2D eigenvalue weighted by molar-refractivity contribution is -0.142. The number of alkyl halides is 6. The van der Waals surface area contributed by atoms with E-state index in [1.54, 1.807) is 0 Å². The molecule has 0 saturated heterocycles. The number of hydrogen-bond acceptors (Lipinski definition) is 4. The van der Waals surface area contributed by atoms with Crippen molar-refractivity contribution in [2.45, 2.75) is 12.4 Å². The molecule has 1 aliphatic heterocycles. The molecule has 0 unspecified atom stereocenters. The third kappa shape index (κ3) is 4.35. The lowest BCUT2D eigenvalue weighted by Crippen LogP contribution is -2.32. The number of primary amides is 1. The SMILES string of the molecule is NC(=O)/C=C\N1CN=C(c2cc(C(F)(F)F)c(Cl)c(C(F)(F)F)c2)N1. The Kier molecular flexibility index (Phi) is 4.89. The summed E-state index contributed by atoms with van der Waals surface area (Å²) < 4.78 is 77.9. The van der Waals surface area contributed by atoms with Gasteiger partial charge in [-0.25, -0.2) is 4.99 Å². The summed E-state index contributed by atoms with van der Waals surface area (Å²) in [6, 6.07) is 0.926. The molecule has 1 heterocycles. The van der Waals surface area contributed by atoms with Crippen LogP contribution in [0.1, 0.15) is 16.7 Å². The van der Waals surface area contributed by atoms with Gasteiger partial charge in [0.2, 0.25) is 5.91 Å². The molecule has 136 valence electrons. The molecule has 12 heteroatoms. The van der Waals surface area contributed by atoms with Gasteiger partial charge in [-0.3, -0.25) is 15.2 Å². The van der Waals surface area contributed by atoms with E-state index in [1.165, 1.54) is 0 Å². The minimum absolute atomic E-state index is 0.148. The molecule has 25 heavy (non-hydrogen) atoms. The number of hydrazine groups is 1. The summed E-state index contributed by atoms with van der Waals surface area (Å²) in [7, 11) is 0. The number of halogens is 7. The second-order valence-corrected chi connectivity index (χ2v) is 5.21. The van der Waals surface area contributed by atoms with Gasteiger partial charge < -0.3 is 5.73 Å². The van der Waals surface area contributed by atoms with Crippen LogP contribution in [0.15, 0.2) is 29.4 Å². The highest BCUT2D eigenvalue weighted by atomic mass is 35.5. The average Bonchev–Trinajstić information content (AvgIpc) is 2.91. The van der Waals surface area contributed by atoms with Crippen LogP contribution in [-0.4, -0.2) is 23.4 Å². The van der Waals surface area contributed by atoms with Crippen LogP contribution in [0, 0.1) is 0 Å². The maximum absolute atomic E-state index is 13.0. The number of carbonyl (C=O) groups excluding carboxylic acids is 1. The predicted octanol–water partition coefficient (Wildman–Crippen LogP) is 2.90. The zero-order valence-corrected chi connectivity index (χ0v) is 12.8. The molecular formula is C13H9ClF6N4O. The standard InChI is InChI=1S/C13H9ClF6N4O/c14-10-7(12(15,16)17)3-6(4-8(10)13(18,19)20)11-22-5-24(23-11)2-1-9(21)25/h1-4H,5H2,(H2,21,25)(H,22,23)/b2-1-. The number of hydrogen-bond donors (Lipinski definition) is 2. The Labute approximate surface area is 141 Å². The second kappa shape index (κ2) is 6.47. The molecule has 3 N–H and O–H groups in total. The van der Waals surface area contributed by atoms with E-state index >= 15 is 0 Å². The summed E-state index contributed by atoms with van der Waals surface area (Å²) in [6.45, 7) is -0.148. The molecule has 0 aromatic heterocycles. The van der Waals surface area contributed by atoms with Gasteiger partial charge in [0.05, 0.1) is 16.1 Å². The molecule has 0 bridgehead atoms. The van der Waals surface area contributed by atoms with Gasteiger partial charge in [0, 0.05) is 17.8 Å². The highest BCUT2D eigenvalue weighted by Crippen LogP contribution is 2.43. The molecule has 0 radical (unpaired) electrons. The topological polar surface area (TPSA) is 70.7 Å². The average molecular weight is 387 g/mol. The largest absolute Gasteiger partial charge is 0.417 e. The first-order valence-electron chi connectivity index (χ1n) is 6.43. The van der Waals surface area contributed by atoms with Crippen molar-refractivity contribution in [1.82, 2.24) is 10.4 Å².